The van der Waals surface area contributed by atoms with Gasteiger partial charge in [-0.05, 0) is 102 Å². The van der Waals surface area contributed by atoms with Gasteiger partial charge in [0, 0.05) is 50.2 Å². The van der Waals surface area contributed by atoms with E-state index in [9.17, 15) is 0 Å². The summed E-state index contributed by atoms with van der Waals surface area (Å²) >= 11 is 0. The molecule has 5 aliphatic rings. The maximum absolute atomic E-state index is 2.81. The lowest BCUT2D eigenvalue weighted by Crippen LogP contribution is -2.34. The van der Waals surface area contributed by atoms with Crippen molar-refractivity contribution in [1.82, 2.24) is 4.57 Å². The van der Waals surface area contributed by atoms with Gasteiger partial charge in [-0.3, -0.25) is 0 Å². The fourth-order valence-corrected chi connectivity index (χ4v) is 13.3. The predicted molar refractivity (Wildman–Crippen MR) is 259 cm³/mol. The largest absolute Gasteiger partial charge is 0.357 e. The van der Waals surface area contributed by atoms with E-state index in [-0.39, 0.29) is 28.8 Å². The Bertz CT molecular complexity index is 3520. The van der Waals surface area contributed by atoms with Crippen molar-refractivity contribution in [2.24, 2.45) is 5.92 Å². The molecule has 4 unspecified atom stereocenters. The molecule has 2 heterocycles. The zero-order chi connectivity index (χ0) is 41.2. The highest BCUT2D eigenvalue weighted by Crippen LogP contribution is 2.64. The molecule has 1 fully saturated rings. The van der Waals surface area contributed by atoms with Crippen LogP contribution in [0.1, 0.15) is 73.0 Å². The van der Waals surface area contributed by atoms with Crippen LogP contribution in [0.5, 0.6) is 0 Å². The molecule has 0 amide bonds. The molecule has 0 radical (unpaired) electrons. The Morgan fingerprint density at radius 3 is 1.74 bits per heavy atom. The minimum atomic E-state index is -0.0959. The molecule has 0 N–H and O–H groups in total. The van der Waals surface area contributed by atoms with Gasteiger partial charge in [-0.25, -0.2) is 0 Å². The molecule has 4 aliphatic carbocycles. The van der Waals surface area contributed by atoms with Crippen molar-refractivity contribution >= 4 is 38.3 Å². The highest BCUT2D eigenvalue weighted by atomic mass is 15.2. The summed E-state index contributed by atoms with van der Waals surface area (Å²) in [6, 6.07) is 61.0. The summed E-state index contributed by atoms with van der Waals surface area (Å²) in [6.07, 6.45) is 9.61. The second-order valence-electron chi connectivity index (χ2n) is 19.5. The van der Waals surface area contributed by atoms with E-state index in [0.717, 1.165) is 0 Å². The Hall–Kier alpha value is -6.90. The monoisotopic (exact) mass is 794 g/mol. The summed E-state index contributed by atoms with van der Waals surface area (Å²) in [6.45, 7) is 9.59. The van der Waals surface area contributed by atoms with Gasteiger partial charge >= 0.3 is 0 Å². The summed E-state index contributed by atoms with van der Waals surface area (Å²) in [7, 11) is 0. The third-order valence-electron chi connectivity index (χ3n) is 16.0. The van der Waals surface area contributed by atoms with Crippen LogP contribution in [-0.2, 0) is 10.8 Å². The number of nitrogens with zero attached hydrogens (tertiary/aromatic N) is 2. The average molecular weight is 795 g/mol. The van der Waals surface area contributed by atoms with Crippen LogP contribution in [0, 0.1) is 5.92 Å². The number of aromatic nitrogens is 1. The number of allylic oxidation sites excluding steroid dienone is 2. The summed E-state index contributed by atoms with van der Waals surface area (Å²) in [5.41, 5.74) is 21.7. The third-order valence-corrected chi connectivity index (χ3v) is 16.0. The number of rotatable bonds is 2. The number of anilines is 1. The average Bonchev–Trinajstić information content (AvgIpc) is 3.98. The van der Waals surface area contributed by atoms with Gasteiger partial charge in [0.1, 0.15) is 0 Å². The first kappa shape index (κ1) is 34.8. The molecule has 14 rings (SSSR count). The topological polar surface area (TPSA) is 8.17 Å². The number of benzene rings is 8. The Balaban J connectivity index is 1.05. The normalized spacial score (nSPS) is 21.3. The van der Waals surface area contributed by atoms with E-state index in [1.807, 2.05) is 0 Å². The highest BCUT2D eigenvalue weighted by Gasteiger charge is 2.53. The van der Waals surface area contributed by atoms with Gasteiger partial charge in [0.15, 0.2) is 0 Å². The van der Waals surface area contributed by atoms with Gasteiger partial charge in [0.2, 0.25) is 0 Å². The highest BCUT2D eigenvalue weighted by molar-refractivity contribution is 6.26. The lowest BCUT2D eigenvalue weighted by molar-refractivity contribution is 0.539. The first-order valence-electron chi connectivity index (χ1n) is 22.5. The van der Waals surface area contributed by atoms with Gasteiger partial charge in [-0.15, -0.1) is 0 Å². The van der Waals surface area contributed by atoms with E-state index < -0.39 is 0 Å². The van der Waals surface area contributed by atoms with Crippen LogP contribution in [0.3, 0.4) is 0 Å². The van der Waals surface area contributed by atoms with Crippen molar-refractivity contribution in [2.75, 3.05) is 4.90 Å². The molecule has 296 valence electrons. The third kappa shape index (κ3) is 4.21. The second-order valence-corrected chi connectivity index (χ2v) is 19.5. The van der Waals surface area contributed by atoms with Crippen LogP contribution in [-0.4, -0.2) is 10.6 Å². The van der Waals surface area contributed by atoms with Crippen LogP contribution >= 0.6 is 0 Å². The van der Waals surface area contributed by atoms with Crippen molar-refractivity contribution in [2.45, 2.75) is 56.5 Å². The van der Waals surface area contributed by atoms with Crippen LogP contribution in [0.15, 0.2) is 182 Å². The molecule has 62 heavy (non-hydrogen) atoms. The van der Waals surface area contributed by atoms with Crippen molar-refractivity contribution in [3.63, 3.8) is 0 Å². The number of hydrogen-bond donors (Lipinski definition) is 0. The van der Waals surface area contributed by atoms with Crippen LogP contribution < -0.4 is 4.90 Å². The molecule has 1 aliphatic heterocycles. The summed E-state index contributed by atoms with van der Waals surface area (Å²) in [4.78, 5) is 2.81. The number of fused-ring (bicyclic) bond motifs is 21. The van der Waals surface area contributed by atoms with Gasteiger partial charge < -0.3 is 9.47 Å². The van der Waals surface area contributed by atoms with Crippen LogP contribution in [0.25, 0.3) is 71.6 Å². The second kappa shape index (κ2) is 11.9. The van der Waals surface area contributed by atoms with E-state index in [4.69, 9.17) is 0 Å². The quantitative estimate of drug-likeness (QED) is 0.169. The zero-order valence-corrected chi connectivity index (χ0v) is 35.5. The van der Waals surface area contributed by atoms with Gasteiger partial charge in [0.05, 0.1) is 23.1 Å². The Kier molecular flexibility index (Phi) is 6.69. The molecule has 9 aromatic rings. The summed E-state index contributed by atoms with van der Waals surface area (Å²) in [5, 5.41) is 5.37. The molecule has 1 saturated heterocycles. The van der Waals surface area contributed by atoms with Gasteiger partial charge in [-0.1, -0.05) is 179 Å². The lowest BCUT2D eigenvalue weighted by Gasteiger charge is -2.39. The maximum Gasteiger partial charge on any atom is 0.0630 e. The van der Waals surface area contributed by atoms with E-state index in [0.29, 0.717) is 5.92 Å². The maximum atomic E-state index is 2.81. The number of para-hydroxylation sites is 1. The molecular formula is C60H46N2. The van der Waals surface area contributed by atoms with Crippen LogP contribution in [0.4, 0.5) is 5.69 Å². The standard InChI is InChI=1S/C60H46N2/c1-59(2)47-25-13-9-17-37(47)39-31-29-35(33-49(39)59)61-51-27-15-11-23-45(51)55-53-42-20-6-8-22-44(42)58-56(54(53)41-19-5-7-21-43(41)57(55)61)46-24-12-16-28-52(46)62(58)36-30-32-40-38-18-10-14-26-48(38)60(3,4)50(40)34-36/h5-34,45,51,55,57H,1-4H3. The van der Waals surface area contributed by atoms with E-state index in [1.54, 1.807) is 0 Å². The molecule has 0 bridgehead atoms. The zero-order valence-electron chi connectivity index (χ0n) is 35.5. The van der Waals surface area contributed by atoms with Crippen LogP contribution in [0.2, 0.25) is 0 Å². The predicted octanol–water partition coefficient (Wildman–Crippen LogP) is 15.0. The molecule has 4 atom stereocenters. The smallest absolute Gasteiger partial charge is 0.0630 e. The van der Waals surface area contributed by atoms with Gasteiger partial charge in [-0.2, -0.15) is 0 Å². The fraction of sp³-hybridized carbons (Fsp3) is 0.167. The minimum absolute atomic E-state index is 0.0750. The molecule has 2 heteroatoms. The molecule has 0 saturated carbocycles. The van der Waals surface area contributed by atoms with E-state index >= 15 is 0 Å². The Morgan fingerprint density at radius 2 is 1.02 bits per heavy atom. The minimum Gasteiger partial charge on any atom is -0.357 e. The first-order chi connectivity index (χ1) is 30.3. The first-order valence-corrected chi connectivity index (χ1v) is 22.5. The van der Waals surface area contributed by atoms with Gasteiger partial charge in [0.25, 0.3) is 0 Å². The Labute approximate surface area is 363 Å². The van der Waals surface area contributed by atoms with E-state index in [2.05, 4.69) is 219 Å². The molecule has 0 spiro atoms. The number of hydrogen-bond acceptors (Lipinski definition) is 1. The lowest BCUT2D eigenvalue weighted by atomic mass is 9.68. The van der Waals surface area contributed by atoms with Crippen molar-refractivity contribution in [3.8, 4) is 39.1 Å². The van der Waals surface area contributed by atoms with E-state index in [1.165, 1.54) is 111 Å². The van der Waals surface area contributed by atoms with Crippen molar-refractivity contribution in [1.29, 1.82) is 0 Å². The summed E-state index contributed by atoms with van der Waals surface area (Å²) in [5.74, 6) is 0.533. The molecule has 8 aromatic carbocycles. The molecule has 1 aromatic heterocycles. The molecular weight excluding hydrogens is 749 g/mol. The molecule has 2 nitrogen and oxygen atoms in total. The van der Waals surface area contributed by atoms with Crippen molar-refractivity contribution < 1.29 is 0 Å². The SMILES string of the molecule is CC1(C)c2ccccc2-c2ccc(N3C4C=CC=CC4C4c5c(c6c7ccccc7n(-c7ccc8c(c7)C(C)(C)c7ccccc7-8)c6c6ccccc56)-c5ccccc5C43)cc21. The Morgan fingerprint density at radius 1 is 0.468 bits per heavy atom. The summed E-state index contributed by atoms with van der Waals surface area (Å²) < 4.78 is 2.60. The fourth-order valence-electron chi connectivity index (χ4n) is 13.3. The van der Waals surface area contributed by atoms with Crippen molar-refractivity contribution in [3.05, 3.63) is 215 Å².